The molecule has 7 nitrogen and oxygen atoms in total. The van der Waals surface area contributed by atoms with Gasteiger partial charge in [-0.25, -0.2) is 13.2 Å². The standard InChI is InChI=1S/C18H23NO6S/c1-18(7-8-26(22,23)12-18)19-16(20)10-25-17(21)11-24-15-6-5-13-3-2-4-14(13)9-15/h5-6,9H,2-4,7-8,10-12H2,1H3,(H,19,20)/t18-/m0/s1. The van der Waals surface area contributed by atoms with Crippen molar-refractivity contribution >= 4 is 21.7 Å². The van der Waals surface area contributed by atoms with Crippen molar-refractivity contribution in [2.24, 2.45) is 0 Å². The fraction of sp³-hybridized carbons (Fsp3) is 0.556. The van der Waals surface area contributed by atoms with Gasteiger partial charge in [-0.05, 0) is 55.9 Å². The first-order valence-corrected chi connectivity index (χ1v) is 10.5. The Morgan fingerprint density at radius 1 is 1.19 bits per heavy atom. The van der Waals surface area contributed by atoms with Gasteiger partial charge in [0.25, 0.3) is 5.91 Å². The Morgan fingerprint density at radius 2 is 1.96 bits per heavy atom. The quantitative estimate of drug-likeness (QED) is 0.732. The predicted octanol–water partition coefficient (Wildman–Crippen LogP) is 0.791. The molecule has 3 rings (SSSR count). The summed E-state index contributed by atoms with van der Waals surface area (Å²) in [6.07, 6.45) is 3.59. The number of sulfone groups is 1. The van der Waals surface area contributed by atoms with Gasteiger partial charge in [0.05, 0.1) is 17.0 Å². The van der Waals surface area contributed by atoms with E-state index < -0.39 is 33.9 Å². The lowest BCUT2D eigenvalue weighted by Crippen LogP contribution is -2.48. The van der Waals surface area contributed by atoms with E-state index >= 15 is 0 Å². The number of carbonyl (C=O) groups excluding carboxylic acids is 2. The zero-order chi connectivity index (χ0) is 18.8. The molecule has 0 spiro atoms. The maximum atomic E-state index is 11.9. The number of benzene rings is 1. The van der Waals surface area contributed by atoms with Gasteiger partial charge in [0.1, 0.15) is 5.75 Å². The third-order valence-corrected chi connectivity index (χ3v) is 6.64. The lowest BCUT2D eigenvalue weighted by molar-refractivity contribution is -0.150. The molecule has 1 N–H and O–H groups in total. The molecule has 1 amide bonds. The van der Waals surface area contributed by atoms with E-state index in [2.05, 4.69) is 5.32 Å². The zero-order valence-electron chi connectivity index (χ0n) is 14.7. The van der Waals surface area contributed by atoms with Crippen molar-refractivity contribution in [1.82, 2.24) is 5.32 Å². The van der Waals surface area contributed by atoms with Gasteiger partial charge in [-0.3, -0.25) is 4.79 Å². The summed E-state index contributed by atoms with van der Waals surface area (Å²) >= 11 is 0. The molecule has 1 saturated heterocycles. The van der Waals surface area contributed by atoms with Crippen LogP contribution in [0, 0.1) is 0 Å². The smallest absolute Gasteiger partial charge is 0.344 e. The molecule has 0 unspecified atom stereocenters. The maximum absolute atomic E-state index is 11.9. The summed E-state index contributed by atoms with van der Waals surface area (Å²) in [5.74, 6) is -0.602. The van der Waals surface area contributed by atoms with Crippen LogP contribution in [0.2, 0.25) is 0 Å². The van der Waals surface area contributed by atoms with Crippen molar-refractivity contribution in [2.45, 2.75) is 38.1 Å². The number of esters is 1. The number of hydrogen-bond acceptors (Lipinski definition) is 6. The summed E-state index contributed by atoms with van der Waals surface area (Å²) in [4.78, 5) is 23.6. The Hall–Kier alpha value is -2.09. The molecule has 0 aromatic heterocycles. The third-order valence-electron chi connectivity index (χ3n) is 4.74. The number of amides is 1. The minimum atomic E-state index is -3.12. The largest absolute Gasteiger partial charge is 0.482 e. The van der Waals surface area contributed by atoms with Crippen LogP contribution in [0.15, 0.2) is 18.2 Å². The van der Waals surface area contributed by atoms with Gasteiger partial charge in [0, 0.05) is 0 Å². The van der Waals surface area contributed by atoms with E-state index in [4.69, 9.17) is 9.47 Å². The van der Waals surface area contributed by atoms with Crippen LogP contribution in [0.4, 0.5) is 0 Å². The van der Waals surface area contributed by atoms with Crippen LogP contribution in [0.25, 0.3) is 0 Å². The highest BCUT2D eigenvalue weighted by Crippen LogP contribution is 2.26. The van der Waals surface area contributed by atoms with E-state index in [0.717, 1.165) is 19.3 Å². The SMILES string of the molecule is C[C@]1(NC(=O)COC(=O)COc2ccc3c(c2)CCC3)CCS(=O)(=O)C1. The second kappa shape index (κ2) is 7.26. The topological polar surface area (TPSA) is 98.8 Å². The summed E-state index contributed by atoms with van der Waals surface area (Å²) in [6, 6.07) is 5.77. The molecule has 1 heterocycles. The van der Waals surface area contributed by atoms with Crippen molar-refractivity contribution in [3.8, 4) is 5.75 Å². The zero-order valence-corrected chi connectivity index (χ0v) is 15.6. The van der Waals surface area contributed by atoms with Crippen LogP contribution in [-0.4, -0.2) is 50.6 Å². The molecule has 26 heavy (non-hydrogen) atoms. The first-order chi connectivity index (χ1) is 12.2. The van der Waals surface area contributed by atoms with Crippen LogP contribution in [0.3, 0.4) is 0 Å². The molecule has 8 heteroatoms. The average Bonchev–Trinajstić information content (AvgIpc) is 3.14. The molecule has 1 aliphatic heterocycles. The highest BCUT2D eigenvalue weighted by Gasteiger charge is 2.39. The fourth-order valence-electron chi connectivity index (χ4n) is 3.45. The van der Waals surface area contributed by atoms with Gasteiger partial charge in [-0.1, -0.05) is 6.07 Å². The number of fused-ring (bicyclic) bond motifs is 1. The molecule has 2 aliphatic rings. The van der Waals surface area contributed by atoms with Gasteiger partial charge in [-0.2, -0.15) is 0 Å². The third kappa shape index (κ3) is 4.75. The first kappa shape index (κ1) is 18.7. The normalized spacial score (nSPS) is 23.3. The van der Waals surface area contributed by atoms with Crippen LogP contribution in [0.5, 0.6) is 5.75 Å². The molecule has 0 radical (unpaired) electrons. The Balaban J connectivity index is 1.40. The minimum absolute atomic E-state index is 0.0538. The average molecular weight is 381 g/mol. The van der Waals surface area contributed by atoms with Crippen LogP contribution >= 0.6 is 0 Å². The first-order valence-electron chi connectivity index (χ1n) is 8.66. The number of ether oxygens (including phenoxy) is 2. The molecule has 0 bridgehead atoms. The van der Waals surface area contributed by atoms with Crippen LogP contribution < -0.4 is 10.1 Å². The highest BCUT2D eigenvalue weighted by molar-refractivity contribution is 7.91. The maximum Gasteiger partial charge on any atom is 0.344 e. The number of nitrogens with one attached hydrogen (secondary N) is 1. The summed E-state index contributed by atoms with van der Waals surface area (Å²) in [5.41, 5.74) is 1.76. The number of carbonyl (C=O) groups is 2. The number of aryl methyl sites for hydroxylation is 2. The van der Waals surface area contributed by atoms with Gasteiger partial charge >= 0.3 is 5.97 Å². The Morgan fingerprint density at radius 3 is 2.69 bits per heavy atom. The lowest BCUT2D eigenvalue weighted by atomic mass is 10.0. The molecule has 142 valence electrons. The molecular weight excluding hydrogens is 358 g/mol. The van der Waals surface area contributed by atoms with Gasteiger partial charge in [-0.15, -0.1) is 0 Å². The van der Waals surface area contributed by atoms with Crippen molar-refractivity contribution in [3.63, 3.8) is 0 Å². The van der Waals surface area contributed by atoms with Gasteiger partial charge in [0.2, 0.25) is 0 Å². The fourth-order valence-corrected chi connectivity index (χ4v) is 5.54. The molecule has 1 aromatic rings. The highest BCUT2D eigenvalue weighted by atomic mass is 32.2. The van der Waals surface area contributed by atoms with Crippen LogP contribution in [-0.2, 0) is 37.0 Å². The summed E-state index contributed by atoms with van der Waals surface area (Å²) in [6.45, 7) is 0.938. The van der Waals surface area contributed by atoms with E-state index in [1.54, 1.807) is 6.92 Å². The van der Waals surface area contributed by atoms with Crippen LogP contribution in [0.1, 0.15) is 30.9 Å². The molecule has 0 saturated carbocycles. The van der Waals surface area contributed by atoms with E-state index in [-0.39, 0.29) is 18.1 Å². The second-order valence-corrected chi connectivity index (χ2v) is 9.37. The summed E-state index contributed by atoms with van der Waals surface area (Å²) < 4.78 is 33.4. The van der Waals surface area contributed by atoms with E-state index in [9.17, 15) is 18.0 Å². The number of rotatable bonds is 6. The number of hydrogen-bond donors (Lipinski definition) is 1. The molecule has 1 atom stereocenters. The molecule has 1 fully saturated rings. The monoisotopic (exact) mass is 381 g/mol. The van der Waals surface area contributed by atoms with Gasteiger partial charge in [0.15, 0.2) is 23.1 Å². The van der Waals surface area contributed by atoms with E-state index in [1.807, 2.05) is 18.2 Å². The van der Waals surface area contributed by atoms with E-state index in [0.29, 0.717) is 12.2 Å². The van der Waals surface area contributed by atoms with Crippen molar-refractivity contribution in [3.05, 3.63) is 29.3 Å². The summed E-state index contributed by atoms with van der Waals surface area (Å²) in [7, 11) is -3.12. The molecular formula is C18H23NO6S. The van der Waals surface area contributed by atoms with E-state index in [1.165, 1.54) is 11.1 Å². The summed E-state index contributed by atoms with van der Waals surface area (Å²) in [5, 5.41) is 2.63. The Kier molecular flexibility index (Phi) is 5.22. The Labute approximate surface area is 153 Å². The van der Waals surface area contributed by atoms with Crippen molar-refractivity contribution < 1.29 is 27.5 Å². The minimum Gasteiger partial charge on any atom is -0.482 e. The Bertz CT molecular complexity index is 819. The van der Waals surface area contributed by atoms with Gasteiger partial charge < -0.3 is 14.8 Å². The predicted molar refractivity (Wildman–Crippen MR) is 94.7 cm³/mol. The molecule has 1 aliphatic carbocycles. The molecule has 1 aromatic carbocycles. The lowest BCUT2D eigenvalue weighted by Gasteiger charge is -2.23. The second-order valence-electron chi connectivity index (χ2n) is 7.18. The van der Waals surface area contributed by atoms with Crippen molar-refractivity contribution in [2.75, 3.05) is 24.7 Å². The van der Waals surface area contributed by atoms with Crippen molar-refractivity contribution in [1.29, 1.82) is 0 Å².